The van der Waals surface area contributed by atoms with Gasteiger partial charge in [0.15, 0.2) is 0 Å². The molecule has 0 atom stereocenters. The van der Waals surface area contributed by atoms with Gasteiger partial charge in [-0.2, -0.15) is 0 Å². The van der Waals surface area contributed by atoms with E-state index in [-0.39, 0.29) is 5.82 Å². The minimum Gasteiger partial charge on any atom is -0.372 e. The van der Waals surface area contributed by atoms with Crippen LogP contribution in [0.2, 0.25) is 0 Å². The summed E-state index contributed by atoms with van der Waals surface area (Å²) in [4.78, 5) is 4.40. The molecule has 0 saturated carbocycles. The monoisotopic (exact) mass is 296 g/mol. The van der Waals surface area contributed by atoms with Crippen LogP contribution in [-0.2, 0) is 17.9 Å². The first-order valence-corrected chi connectivity index (χ1v) is 6.13. The van der Waals surface area contributed by atoms with Crippen molar-refractivity contribution >= 4 is 15.9 Å². The molecule has 88 valence electrons. The van der Waals surface area contributed by atoms with Gasteiger partial charge in [-0.05, 0) is 28.1 Å². The molecule has 2 aromatic rings. The number of rotatable bonds is 1. The smallest absolute Gasteiger partial charge is 0.146 e. The first-order valence-electron chi connectivity index (χ1n) is 5.34. The predicted octanol–water partition coefficient (Wildman–Crippen LogP) is 2.98. The van der Waals surface area contributed by atoms with Gasteiger partial charge in [0, 0.05) is 18.3 Å². The molecule has 3 rings (SSSR count). The zero-order valence-corrected chi connectivity index (χ0v) is 10.6. The van der Waals surface area contributed by atoms with Crippen LogP contribution in [0.25, 0.3) is 11.3 Å². The van der Waals surface area contributed by atoms with Crippen LogP contribution in [0.4, 0.5) is 4.39 Å². The molecule has 0 spiro atoms. The minimum absolute atomic E-state index is 0.274. The largest absolute Gasteiger partial charge is 0.372 e. The van der Waals surface area contributed by atoms with E-state index in [4.69, 9.17) is 4.74 Å². The van der Waals surface area contributed by atoms with Crippen molar-refractivity contribution in [3.05, 3.63) is 40.5 Å². The van der Waals surface area contributed by atoms with Crippen LogP contribution in [0.15, 0.2) is 28.9 Å². The predicted molar refractivity (Wildman–Crippen MR) is 65.0 cm³/mol. The average Bonchev–Trinajstić information content (AvgIpc) is 2.76. The maximum absolute atomic E-state index is 13.9. The molecular formula is C12H10BrFN2O. The normalized spacial score (nSPS) is 14.7. The van der Waals surface area contributed by atoms with E-state index in [0.29, 0.717) is 28.9 Å². The zero-order chi connectivity index (χ0) is 11.8. The third kappa shape index (κ3) is 1.89. The Bertz CT molecular complexity index is 544. The van der Waals surface area contributed by atoms with Crippen molar-refractivity contribution in [2.24, 2.45) is 0 Å². The van der Waals surface area contributed by atoms with E-state index in [1.807, 2.05) is 10.8 Å². The summed E-state index contributed by atoms with van der Waals surface area (Å²) in [5.41, 5.74) is 1.17. The van der Waals surface area contributed by atoms with Crippen molar-refractivity contribution in [3.8, 4) is 11.3 Å². The van der Waals surface area contributed by atoms with Gasteiger partial charge in [0.1, 0.15) is 18.2 Å². The summed E-state index contributed by atoms with van der Waals surface area (Å²) in [7, 11) is 0. The van der Waals surface area contributed by atoms with Crippen molar-refractivity contribution < 1.29 is 9.13 Å². The van der Waals surface area contributed by atoms with Gasteiger partial charge in [0.25, 0.3) is 0 Å². The van der Waals surface area contributed by atoms with E-state index in [9.17, 15) is 4.39 Å². The SMILES string of the molecule is Fc1c(Br)cccc1-c1cn2c(n1)COCC2. The molecular weight excluding hydrogens is 287 g/mol. The molecule has 0 amide bonds. The molecule has 2 heterocycles. The molecule has 0 aliphatic carbocycles. The fourth-order valence-electron chi connectivity index (χ4n) is 1.92. The highest BCUT2D eigenvalue weighted by atomic mass is 79.9. The maximum atomic E-state index is 13.9. The first-order chi connectivity index (χ1) is 8.25. The van der Waals surface area contributed by atoms with Crippen LogP contribution >= 0.6 is 15.9 Å². The summed E-state index contributed by atoms with van der Waals surface area (Å²) in [6.45, 7) is 1.96. The number of fused-ring (bicyclic) bond motifs is 1. The van der Waals surface area contributed by atoms with E-state index in [1.54, 1.807) is 18.2 Å². The summed E-state index contributed by atoms with van der Waals surface area (Å²) >= 11 is 3.18. The van der Waals surface area contributed by atoms with E-state index in [2.05, 4.69) is 20.9 Å². The molecule has 1 aromatic heterocycles. The standard InChI is InChI=1S/C12H10BrFN2O/c13-9-3-1-2-8(12(9)14)10-6-16-4-5-17-7-11(16)15-10/h1-3,6H,4-5,7H2. The molecule has 0 radical (unpaired) electrons. The Morgan fingerprint density at radius 2 is 2.29 bits per heavy atom. The van der Waals surface area contributed by atoms with E-state index < -0.39 is 0 Å². The number of imidazole rings is 1. The van der Waals surface area contributed by atoms with Gasteiger partial charge in [-0.25, -0.2) is 9.37 Å². The maximum Gasteiger partial charge on any atom is 0.146 e. The van der Waals surface area contributed by atoms with Crippen LogP contribution in [0.5, 0.6) is 0 Å². The molecule has 3 nitrogen and oxygen atoms in total. The third-order valence-corrected chi connectivity index (χ3v) is 3.41. The topological polar surface area (TPSA) is 27.1 Å². The summed E-state index contributed by atoms with van der Waals surface area (Å²) in [6, 6.07) is 5.21. The second kappa shape index (κ2) is 4.23. The molecule has 1 aliphatic rings. The highest BCUT2D eigenvalue weighted by molar-refractivity contribution is 9.10. The van der Waals surface area contributed by atoms with Crippen molar-refractivity contribution in [3.63, 3.8) is 0 Å². The van der Waals surface area contributed by atoms with E-state index in [1.165, 1.54) is 0 Å². The molecule has 0 saturated heterocycles. The molecule has 0 fully saturated rings. The van der Waals surface area contributed by atoms with Gasteiger partial charge >= 0.3 is 0 Å². The van der Waals surface area contributed by atoms with Crippen molar-refractivity contribution in [1.29, 1.82) is 0 Å². The quantitative estimate of drug-likeness (QED) is 0.809. The average molecular weight is 297 g/mol. The Hall–Kier alpha value is -1.20. The van der Waals surface area contributed by atoms with Gasteiger partial charge in [-0.15, -0.1) is 0 Å². The van der Waals surface area contributed by atoms with Crippen LogP contribution in [0, 0.1) is 5.82 Å². The number of hydrogen-bond acceptors (Lipinski definition) is 2. The first kappa shape index (κ1) is 10.9. The lowest BCUT2D eigenvalue weighted by Gasteiger charge is -2.13. The number of ether oxygens (including phenoxy) is 1. The Kier molecular flexibility index (Phi) is 2.72. The van der Waals surface area contributed by atoms with Crippen LogP contribution in [0.3, 0.4) is 0 Å². The number of aromatic nitrogens is 2. The second-order valence-electron chi connectivity index (χ2n) is 3.89. The van der Waals surface area contributed by atoms with Crippen LogP contribution in [-0.4, -0.2) is 16.2 Å². The number of nitrogens with zero attached hydrogens (tertiary/aromatic N) is 2. The lowest BCUT2D eigenvalue weighted by atomic mass is 10.1. The Morgan fingerprint density at radius 3 is 3.12 bits per heavy atom. The highest BCUT2D eigenvalue weighted by Crippen LogP contribution is 2.27. The van der Waals surface area contributed by atoms with Crippen LogP contribution < -0.4 is 0 Å². The summed E-state index contributed by atoms with van der Waals surface area (Å²) in [6.07, 6.45) is 1.88. The molecule has 17 heavy (non-hydrogen) atoms. The zero-order valence-electron chi connectivity index (χ0n) is 8.99. The van der Waals surface area contributed by atoms with E-state index in [0.717, 1.165) is 12.4 Å². The molecule has 1 aliphatic heterocycles. The Morgan fingerprint density at radius 1 is 1.41 bits per heavy atom. The highest BCUT2D eigenvalue weighted by Gasteiger charge is 2.16. The molecule has 0 N–H and O–H groups in total. The van der Waals surface area contributed by atoms with Gasteiger partial charge in [0.05, 0.1) is 16.8 Å². The number of benzene rings is 1. The van der Waals surface area contributed by atoms with E-state index >= 15 is 0 Å². The summed E-state index contributed by atoms with van der Waals surface area (Å²) in [5, 5.41) is 0. The fourth-order valence-corrected chi connectivity index (χ4v) is 2.29. The second-order valence-corrected chi connectivity index (χ2v) is 4.74. The van der Waals surface area contributed by atoms with Gasteiger partial charge in [0.2, 0.25) is 0 Å². The summed E-state index contributed by atoms with van der Waals surface area (Å²) < 4.78 is 21.7. The lowest BCUT2D eigenvalue weighted by molar-refractivity contribution is 0.0816. The van der Waals surface area contributed by atoms with Crippen molar-refractivity contribution in [2.45, 2.75) is 13.2 Å². The number of hydrogen-bond donors (Lipinski definition) is 0. The minimum atomic E-state index is -0.274. The van der Waals surface area contributed by atoms with Gasteiger partial charge in [-0.3, -0.25) is 0 Å². The molecule has 0 unspecified atom stereocenters. The lowest BCUT2D eigenvalue weighted by Crippen LogP contribution is -2.15. The van der Waals surface area contributed by atoms with Gasteiger partial charge in [-0.1, -0.05) is 6.07 Å². The third-order valence-electron chi connectivity index (χ3n) is 2.79. The Labute approximate surface area is 106 Å². The van der Waals surface area contributed by atoms with Crippen molar-refractivity contribution in [1.82, 2.24) is 9.55 Å². The van der Waals surface area contributed by atoms with Gasteiger partial charge < -0.3 is 9.30 Å². The summed E-state index contributed by atoms with van der Waals surface area (Å²) in [5.74, 6) is 0.578. The number of halogens is 2. The van der Waals surface area contributed by atoms with Crippen molar-refractivity contribution in [2.75, 3.05) is 6.61 Å². The molecule has 0 bridgehead atoms. The molecule has 1 aromatic carbocycles. The Balaban J connectivity index is 2.09. The fraction of sp³-hybridized carbons (Fsp3) is 0.250. The van der Waals surface area contributed by atoms with Crippen LogP contribution in [0.1, 0.15) is 5.82 Å². The molecule has 5 heteroatoms.